The Morgan fingerprint density at radius 3 is 0.972 bits per heavy atom. The quantitative estimate of drug-likeness (QED) is 0.141. The molecular weight excluding hydrogens is 865 g/mol. The van der Waals surface area contributed by atoms with E-state index in [-0.39, 0.29) is 5.41 Å². The Balaban J connectivity index is 1.04. The lowest BCUT2D eigenvalue weighted by atomic mass is 9.79. The van der Waals surface area contributed by atoms with Gasteiger partial charge in [0, 0.05) is 38.8 Å². The van der Waals surface area contributed by atoms with Gasteiger partial charge in [0.1, 0.15) is 0 Å². The van der Waals surface area contributed by atoms with Crippen LogP contribution in [-0.4, -0.2) is 29.9 Å². The Labute approximate surface area is 412 Å². The second kappa shape index (κ2) is 17.1. The summed E-state index contributed by atoms with van der Waals surface area (Å²) < 4.78 is 0. The Kier molecular flexibility index (Phi) is 10.1. The van der Waals surface area contributed by atoms with E-state index in [0.717, 1.165) is 60.8 Å². The zero-order valence-corrected chi connectivity index (χ0v) is 39.1. The standard InChI is InChI=1S/C65H44N6/c1-65(2)55-38-48(64-70-61(45-29-17-7-18-30-45)67-62(71-64)46-31-19-8-20-32-46)33-35-49(55)51-39-53-54(40-56(51)65)57(41-21-9-3-10-22-41)50-36-34-47(37-52(50)58(53)42-23-11-4-12-24-42)63-68-59(43-25-13-5-14-26-43)66-60(69-63)44-27-15-6-16-28-44/h3-40H,1-2H3. The van der Waals surface area contributed by atoms with Gasteiger partial charge in [0.15, 0.2) is 34.9 Å². The van der Waals surface area contributed by atoms with Crippen molar-refractivity contribution < 1.29 is 0 Å². The first kappa shape index (κ1) is 41.9. The first-order valence-electron chi connectivity index (χ1n) is 24.0. The van der Waals surface area contributed by atoms with Gasteiger partial charge in [-0.3, -0.25) is 0 Å². The first-order valence-corrected chi connectivity index (χ1v) is 24.0. The molecule has 1 aliphatic rings. The summed E-state index contributed by atoms with van der Waals surface area (Å²) in [4.78, 5) is 30.6. The predicted molar refractivity (Wildman–Crippen MR) is 289 cm³/mol. The van der Waals surface area contributed by atoms with Crippen LogP contribution in [0.3, 0.4) is 0 Å². The molecule has 0 radical (unpaired) electrons. The summed E-state index contributed by atoms with van der Waals surface area (Å²) in [6.07, 6.45) is 0. The third-order valence-electron chi connectivity index (χ3n) is 14.0. The molecule has 1 aliphatic carbocycles. The van der Waals surface area contributed by atoms with Gasteiger partial charge in [-0.15, -0.1) is 0 Å². The molecule has 0 unspecified atom stereocenters. The number of nitrogens with zero attached hydrogens (tertiary/aromatic N) is 6. The average molecular weight is 909 g/mol. The largest absolute Gasteiger partial charge is 0.208 e. The van der Waals surface area contributed by atoms with Crippen LogP contribution in [0.1, 0.15) is 25.0 Å². The lowest BCUT2D eigenvalue weighted by Gasteiger charge is -2.24. The summed E-state index contributed by atoms with van der Waals surface area (Å²) in [6.45, 7) is 4.70. The van der Waals surface area contributed by atoms with Gasteiger partial charge >= 0.3 is 0 Å². The molecule has 0 spiro atoms. The van der Waals surface area contributed by atoms with E-state index < -0.39 is 0 Å². The minimum Gasteiger partial charge on any atom is -0.208 e. The molecule has 0 aliphatic heterocycles. The third-order valence-corrected chi connectivity index (χ3v) is 14.0. The molecule has 10 aromatic carbocycles. The van der Waals surface area contributed by atoms with E-state index in [1.165, 1.54) is 38.6 Å². The number of benzene rings is 10. The molecule has 2 aromatic heterocycles. The molecule has 334 valence electrons. The van der Waals surface area contributed by atoms with E-state index in [1.807, 2.05) is 72.8 Å². The maximum atomic E-state index is 5.17. The molecule has 0 saturated heterocycles. The van der Waals surface area contributed by atoms with Crippen LogP contribution >= 0.6 is 0 Å². The fourth-order valence-corrected chi connectivity index (χ4v) is 10.4. The van der Waals surface area contributed by atoms with Crippen molar-refractivity contribution in [1.29, 1.82) is 0 Å². The minimum absolute atomic E-state index is 0.349. The number of fused-ring (bicyclic) bond motifs is 5. The van der Waals surface area contributed by atoms with Crippen LogP contribution in [0.15, 0.2) is 231 Å². The van der Waals surface area contributed by atoms with E-state index >= 15 is 0 Å². The summed E-state index contributed by atoms with van der Waals surface area (Å²) in [5.74, 6) is 3.80. The van der Waals surface area contributed by atoms with Crippen LogP contribution in [0.25, 0.3) is 123 Å². The van der Waals surface area contributed by atoms with E-state index in [4.69, 9.17) is 29.9 Å². The first-order chi connectivity index (χ1) is 34.9. The normalized spacial score (nSPS) is 12.5. The molecule has 0 bridgehead atoms. The Morgan fingerprint density at radius 1 is 0.239 bits per heavy atom. The smallest absolute Gasteiger partial charge is 0.164 e. The monoisotopic (exact) mass is 908 g/mol. The fourth-order valence-electron chi connectivity index (χ4n) is 10.4. The second-order valence-electron chi connectivity index (χ2n) is 18.6. The van der Waals surface area contributed by atoms with Crippen LogP contribution in [0.5, 0.6) is 0 Å². The van der Waals surface area contributed by atoms with Gasteiger partial charge in [0.25, 0.3) is 0 Å². The molecule has 6 nitrogen and oxygen atoms in total. The molecule has 0 N–H and O–H groups in total. The topological polar surface area (TPSA) is 77.3 Å². The Hall–Kier alpha value is -9.26. The van der Waals surface area contributed by atoms with Gasteiger partial charge in [0.05, 0.1) is 0 Å². The summed E-state index contributed by atoms with van der Waals surface area (Å²) in [5.41, 5.74) is 14.8. The molecule has 13 rings (SSSR count). The van der Waals surface area contributed by atoms with Crippen LogP contribution in [-0.2, 0) is 5.41 Å². The molecule has 0 fully saturated rings. The minimum atomic E-state index is -0.349. The maximum Gasteiger partial charge on any atom is 0.164 e. The number of hydrogen-bond donors (Lipinski definition) is 0. The van der Waals surface area contributed by atoms with Crippen LogP contribution in [0, 0.1) is 0 Å². The lowest BCUT2D eigenvalue weighted by molar-refractivity contribution is 0.661. The second-order valence-corrected chi connectivity index (χ2v) is 18.6. The van der Waals surface area contributed by atoms with Crippen molar-refractivity contribution in [3.8, 4) is 102 Å². The van der Waals surface area contributed by atoms with Gasteiger partial charge in [-0.25, -0.2) is 29.9 Å². The van der Waals surface area contributed by atoms with Crippen LogP contribution < -0.4 is 0 Å². The molecule has 0 amide bonds. The summed E-state index contributed by atoms with van der Waals surface area (Å²) >= 11 is 0. The van der Waals surface area contributed by atoms with E-state index in [0.29, 0.717) is 34.9 Å². The highest BCUT2D eigenvalue weighted by atomic mass is 15.0. The van der Waals surface area contributed by atoms with Crippen molar-refractivity contribution >= 4 is 21.5 Å². The molecule has 0 atom stereocenters. The molecule has 12 aromatic rings. The highest BCUT2D eigenvalue weighted by Gasteiger charge is 2.37. The van der Waals surface area contributed by atoms with Crippen molar-refractivity contribution in [3.63, 3.8) is 0 Å². The van der Waals surface area contributed by atoms with Crippen molar-refractivity contribution in [2.45, 2.75) is 19.3 Å². The molecule has 6 heteroatoms. The van der Waals surface area contributed by atoms with Gasteiger partial charge in [-0.1, -0.05) is 220 Å². The Bertz CT molecular complexity index is 3860. The fraction of sp³-hybridized carbons (Fsp3) is 0.0462. The number of aromatic nitrogens is 6. The lowest BCUT2D eigenvalue weighted by Crippen LogP contribution is -2.15. The van der Waals surface area contributed by atoms with Crippen LogP contribution in [0.2, 0.25) is 0 Å². The van der Waals surface area contributed by atoms with E-state index in [1.54, 1.807) is 0 Å². The van der Waals surface area contributed by atoms with E-state index in [2.05, 4.69) is 172 Å². The van der Waals surface area contributed by atoms with Crippen molar-refractivity contribution in [3.05, 3.63) is 242 Å². The van der Waals surface area contributed by atoms with Crippen molar-refractivity contribution in [2.24, 2.45) is 0 Å². The average Bonchev–Trinajstić information content (AvgIpc) is 3.66. The summed E-state index contributed by atoms with van der Waals surface area (Å²) in [6, 6.07) is 80.7. The zero-order chi connectivity index (χ0) is 47.5. The SMILES string of the molecule is CC1(C)c2cc(-c3nc(-c4ccccc4)nc(-c4ccccc4)n3)ccc2-c2cc3c(-c4ccccc4)c4cc(-c5nc(-c6ccccc6)nc(-c6ccccc6)n5)ccc4c(-c4ccccc4)c3cc21. The Morgan fingerprint density at radius 2 is 0.549 bits per heavy atom. The highest BCUT2D eigenvalue weighted by molar-refractivity contribution is 6.23. The summed E-state index contributed by atoms with van der Waals surface area (Å²) in [5, 5.41) is 4.65. The van der Waals surface area contributed by atoms with Gasteiger partial charge in [-0.2, -0.15) is 0 Å². The van der Waals surface area contributed by atoms with Crippen molar-refractivity contribution in [1.82, 2.24) is 29.9 Å². The molecule has 2 heterocycles. The maximum absolute atomic E-state index is 5.17. The van der Waals surface area contributed by atoms with Gasteiger partial charge in [-0.05, 0) is 90.3 Å². The third kappa shape index (κ3) is 7.36. The van der Waals surface area contributed by atoms with Gasteiger partial charge in [0.2, 0.25) is 0 Å². The predicted octanol–water partition coefficient (Wildman–Crippen LogP) is 16.0. The van der Waals surface area contributed by atoms with Crippen LogP contribution in [0.4, 0.5) is 0 Å². The summed E-state index contributed by atoms with van der Waals surface area (Å²) in [7, 11) is 0. The molecular formula is C65H44N6. The van der Waals surface area contributed by atoms with Gasteiger partial charge < -0.3 is 0 Å². The zero-order valence-electron chi connectivity index (χ0n) is 39.1. The van der Waals surface area contributed by atoms with E-state index in [9.17, 15) is 0 Å². The van der Waals surface area contributed by atoms with Crippen molar-refractivity contribution in [2.75, 3.05) is 0 Å². The number of rotatable bonds is 8. The number of hydrogen-bond acceptors (Lipinski definition) is 6. The molecule has 71 heavy (non-hydrogen) atoms. The molecule has 0 saturated carbocycles. The highest BCUT2D eigenvalue weighted by Crippen LogP contribution is 2.54.